The SMILES string of the molecule is Cc1ccccc1N(C)C(=O)c1ccc([N+](=O)[O-])cc1.O=C1COCCO1. The number of nitro benzene ring substituents is 1. The van der Waals surface area contributed by atoms with Crippen LogP contribution in [-0.2, 0) is 14.3 Å². The van der Waals surface area contributed by atoms with Crippen molar-refractivity contribution in [3.8, 4) is 0 Å². The molecule has 0 atom stereocenters. The normalized spacial score (nSPS) is 13.0. The maximum absolute atomic E-state index is 12.3. The third-order valence-electron chi connectivity index (χ3n) is 3.82. The van der Waals surface area contributed by atoms with Crippen molar-refractivity contribution in [2.24, 2.45) is 0 Å². The van der Waals surface area contributed by atoms with Gasteiger partial charge in [-0.15, -0.1) is 0 Å². The summed E-state index contributed by atoms with van der Waals surface area (Å²) in [5.41, 5.74) is 2.20. The number of para-hydroxylation sites is 1. The lowest BCUT2D eigenvalue weighted by Crippen LogP contribution is -2.26. The van der Waals surface area contributed by atoms with Crippen molar-refractivity contribution in [2.45, 2.75) is 6.92 Å². The van der Waals surface area contributed by atoms with Crippen molar-refractivity contribution in [3.05, 3.63) is 69.8 Å². The topological polar surface area (TPSA) is 99.0 Å². The van der Waals surface area contributed by atoms with Gasteiger partial charge in [0.15, 0.2) is 0 Å². The largest absolute Gasteiger partial charge is 0.462 e. The fraction of sp³-hybridized carbons (Fsp3) is 0.263. The number of nitrogens with zero attached hydrogens (tertiary/aromatic N) is 2. The molecule has 2 aromatic rings. The third kappa shape index (κ3) is 5.61. The summed E-state index contributed by atoms with van der Waals surface area (Å²) in [6, 6.07) is 13.2. The lowest BCUT2D eigenvalue weighted by atomic mass is 10.1. The van der Waals surface area contributed by atoms with Crippen molar-refractivity contribution in [1.82, 2.24) is 0 Å². The van der Waals surface area contributed by atoms with Crippen LogP contribution in [0.2, 0.25) is 0 Å². The van der Waals surface area contributed by atoms with Gasteiger partial charge in [0, 0.05) is 30.4 Å². The molecule has 2 aromatic carbocycles. The Hall–Kier alpha value is -3.26. The monoisotopic (exact) mass is 372 g/mol. The average Bonchev–Trinajstić information content (AvgIpc) is 2.68. The molecular formula is C19H20N2O6. The lowest BCUT2D eigenvalue weighted by Gasteiger charge is -2.19. The molecule has 0 unspecified atom stereocenters. The summed E-state index contributed by atoms with van der Waals surface area (Å²) >= 11 is 0. The van der Waals surface area contributed by atoms with Gasteiger partial charge in [-0.05, 0) is 30.7 Å². The van der Waals surface area contributed by atoms with Gasteiger partial charge in [-0.1, -0.05) is 18.2 Å². The number of nitro groups is 1. The van der Waals surface area contributed by atoms with Gasteiger partial charge < -0.3 is 14.4 Å². The minimum absolute atomic E-state index is 0.0277. The van der Waals surface area contributed by atoms with Gasteiger partial charge in [-0.25, -0.2) is 4.79 Å². The Morgan fingerprint density at radius 3 is 2.26 bits per heavy atom. The van der Waals surface area contributed by atoms with Gasteiger partial charge in [0.2, 0.25) is 0 Å². The van der Waals surface area contributed by atoms with Crippen LogP contribution in [0.3, 0.4) is 0 Å². The number of anilines is 1. The van der Waals surface area contributed by atoms with E-state index in [0.29, 0.717) is 18.8 Å². The molecule has 8 nitrogen and oxygen atoms in total. The second-order valence-corrected chi connectivity index (χ2v) is 5.73. The number of esters is 1. The molecule has 0 aliphatic carbocycles. The zero-order valence-corrected chi connectivity index (χ0v) is 15.1. The minimum atomic E-state index is -0.487. The first kappa shape index (κ1) is 20.1. The number of carbonyl (C=O) groups is 2. The van der Waals surface area contributed by atoms with E-state index in [0.717, 1.165) is 11.3 Å². The molecule has 142 valence electrons. The molecule has 1 amide bonds. The Morgan fingerprint density at radius 1 is 1.11 bits per heavy atom. The first-order valence-electron chi connectivity index (χ1n) is 8.21. The smallest absolute Gasteiger partial charge is 0.332 e. The average molecular weight is 372 g/mol. The van der Waals surface area contributed by atoms with Gasteiger partial charge in [-0.3, -0.25) is 14.9 Å². The van der Waals surface area contributed by atoms with E-state index in [1.165, 1.54) is 29.2 Å². The molecule has 1 saturated heterocycles. The summed E-state index contributed by atoms with van der Waals surface area (Å²) in [4.78, 5) is 34.1. The maximum atomic E-state index is 12.3. The number of hydrogen-bond donors (Lipinski definition) is 0. The van der Waals surface area contributed by atoms with E-state index in [4.69, 9.17) is 4.74 Å². The molecule has 0 bridgehead atoms. The van der Waals surface area contributed by atoms with E-state index in [-0.39, 0.29) is 24.2 Å². The molecule has 0 saturated carbocycles. The van der Waals surface area contributed by atoms with Crippen molar-refractivity contribution in [1.29, 1.82) is 0 Å². The van der Waals surface area contributed by atoms with Crippen LogP contribution >= 0.6 is 0 Å². The van der Waals surface area contributed by atoms with Crippen LogP contribution < -0.4 is 4.90 Å². The molecule has 0 radical (unpaired) electrons. The number of benzene rings is 2. The van der Waals surface area contributed by atoms with Crippen LogP contribution in [0, 0.1) is 17.0 Å². The van der Waals surface area contributed by atoms with E-state index >= 15 is 0 Å². The summed E-state index contributed by atoms with van der Waals surface area (Å²) in [7, 11) is 1.69. The number of cyclic esters (lactones) is 1. The molecule has 0 aromatic heterocycles. The summed E-state index contributed by atoms with van der Waals surface area (Å²) < 4.78 is 9.22. The van der Waals surface area contributed by atoms with Crippen LogP contribution in [0.5, 0.6) is 0 Å². The molecule has 1 fully saturated rings. The van der Waals surface area contributed by atoms with Crippen LogP contribution in [0.15, 0.2) is 48.5 Å². The van der Waals surface area contributed by atoms with Crippen LogP contribution in [0.1, 0.15) is 15.9 Å². The molecular weight excluding hydrogens is 352 g/mol. The molecule has 27 heavy (non-hydrogen) atoms. The highest BCUT2D eigenvalue weighted by molar-refractivity contribution is 6.06. The third-order valence-corrected chi connectivity index (χ3v) is 3.82. The van der Waals surface area contributed by atoms with Crippen molar-refractivity contribution in [3.63, 3.8) is 0 Å². The van der Waals surface area contributed by atoms with Gasteiger partial charge in [0.25, 0.3) is 11.6 Å². The number of hydrogen-bond acceptors (Lipinski definition) is 6. The lowest BCUT2D eigenvalue weighted by molar-refractivity contribution is -0.384. The first-order valence-corrected chi connectivity index (χ1v) is 8.21. The zero-order valence-electron chi connectivity index (χ0n) is 15.1. The van der Waals surface area contributed by atoms with Crippen LogP contribution in [-0.4, -0.2) is 43.7 Å². The quantitative estimate of drug-likeness (QED) is 0.467. The number of carbonyl (C=O) groups excluding carboxylic acids is 2. The van der Waals surface area contributed by atoms with Crippen LogP contribution in [0.25, 0.3) is 0 Å². The summed E-state index contributed by atoms with van der Waals surface area (Å²) in [5, 5.41) is 10.6. The number of ether oxygens (including phenoxy) is 2. The number of non-ortho nitro benzene ring substituents is 1. The molecule has 8 heteroatoms. The van der Waals surface area contributed by atoms with Crippen LogP contribution in [0.4, 0.5) is 11.4 Å². The fourth-order valence-corrected chi connectivity index (χ4v) is 2.38. The van der Waals surface area contributed by atoms with E-state index in [2.05, 4.69) is 4.74 Å². The van der Waals surface area contributed by atoms with Gasteiger partial charge in [0.05, 0.1) is 11.5 Å². The minimum Gasteiger partial charge on any atom is -0.462 e. The maximum Gasteiger partial charge on any atom is 0.332 e. The number of rotatable bonds is 3. The van der Waals surface area contributed by atoms with E-state index in [9.17, 15) is 19.7 Å². The Morgan fingerprint density at radius 2 is 1.78 bits per heavy atom. The second kappa shape index (κ2) is 9.44. The molecule has 0 N–H and O–H groups in total. The Labute approximate surface area is 156 Å². The molecule has 1 aliphatic rings. The number of amides is 1. The number of aryl methyl sites for hydroxylation is 1. The highest BCUT2D eigenvalue weighted by Crippen LogP contribution is 2.21. The summed E-state index contributed by atoms with van der Waals surface area (Å²) in [6.45, 7) is 3.01. The predicted octanol–water partition coefficient (Wildman–Crippen LogP) is 2.74. The summed E-state index contributed by atoms with van der Waals surface area (Å²) in [5.74, 6) is -0.458. The highest BCUT2D eigenvalue weighted by Gasteiger charge is 2.16. The predicted molar refractivity (Wildman–Crippen MR) is 98.8 cm³/mol. The standard InChI is InChI=1S/C15H14N2O3.C4H6O3/c1-11-5-3-4-6-14(11)16(2)15(18)12-7-9-13(10-8-12)17(19)20;5-4-3-6-1-2-7-4/h3-10H,1-2H3;1-3H2. The fourth-order valence-electron chi connectivity index (χ4n) is 2.38. The molecule has 1 aliphatic heterocycles. The second-order valence-electron chi connectivity index (χ2n) is 5.73. The van der Waals surface area contributed by atoms with Gasteiger partial charge >= 0.3 is 5.97 Å². The Balaban J connectivity index is 0.000000313. The molecule has 1 heterocycles. The van der Waals surface area contributed by atoms with E-state index in [1.54, 1.807) is 7.05 Å². The van der Waals surface area contributed by atoms with Crippen molar-refractivity contribution in [2.75, 3.05) is 31.8 Å². The van der Waals surface area contributed by atoms with Gasteiger partial charge in [-0.2, -0.15) is 0 Å². The molecule has 0 spiro atoms. The van der Waals surface area contributed by atoms with Crippen molar-refractivity contribution >= 4 is 23.3 Å². The molecule has 3 rings (SSSR count). The summed E-state index contributed by atoms with van der Waals surface area (Å²) in [6.07, 6.45) is 0. The van der Waals surface area contributed by atoms with Crippen molar-refractivity contribution < 1.29 is 24.0 Å². The van der Waals surface area contributed by atoms with E-state index < -0.39 is 4.92 Å². The van der Waals surface area contributed by atoms with Gasteiger partial charge in [0.1, 0.15) is 13.2 Å². The first-order chi connectivity index (χ1) is 12.9. The zero-order chi connectivity index (χ0) is 19.8. The van der Waals surface area contributed by atoms with E-state index in [1.807, 2.05) is 31.2 Å². The Bertz CT molecular complexity index is 811. The Kier molecular flexibility index (Phi) is 7.01. The highest BCUT2D eigenvalue weighted by atomic mass is 16.6.